The first-order valence-electron chi connectivity index (χ1n) is 8.77. The van der Waals surface area contributed by atoms with Crippen LogP contribution in [0.5, 0.6) is 5.75 Å². The fourth-order valence-electron chi connectivity index (χ4n) is 3.25. The number of hydrogen-bond donors (Lipinski definition) is 0. The molecule has 0 N–H and O–H groups in total. The van der Waals surface area contributed by atoms with Crippen molar-refractivity contribution in [2.45, 2.75) is 46.5 Å². The summed E-state index contributed by atoms with van der Waals surface area (Å²) in [5.74, 6) is -0.150. The molecule has 1 aromatic carbocycles. The van der Waals surface area contributed by atoms with Gasteiger partial charge in [0.05, 0.1) is 12.5 Å². The van der Waals surface area contributed by atoms with Crippen molar-refractivity contribution in [2.24, 2.45) is 5.92 Å². The van der Waals surface area contributed by atoms with Crippen LogP contribution >= 0.6 is 0 Å². The molecule has 0 aromatic heterocycles. The lowest BCUT2D eigenvalue weighted by atomic mass is 9.82. The lowest BCUT2D eigenvalue weighted by Crippen LogP contribution is -2.31. The molecule has 0 amide bonds. The van der Waals surface area contributed by atoms with Gasteiger partial charge in [0.25, 0.3) is 0 Å². The highest BCUT2D eigenvalue weighted by molar-refractivity contribution is 5.80. The van der Waals surface area contributed by atoms with Gasteiger partial charge in [-0.25, -0.2) is 0 Å². The molecule has 0 saturated carbocycles. The van der Waals surface area contributed by atoms with Crippen LogP contribution in [0, 0.1) is 5.92 Å². The van der Waals surface area contributed by atoms with E-state index in [1.54, 1.807) is 6.92 Å². The lowest BCUT2D eigenvalue weighted by Gasteiger charge is -2.31. The molecule has 0 spiro atoms. The maximum Gasteiger partial charge on any atom is 0.314 e. The van der Waals surface area contributed by atoms with Crippen molar-refractivity contribution in [3.05, 3.63) is 23.8 Å². The zero-order valence-corrected chi connectivity index (χ0v) is 15.0. The third-order valence-corrected chi connectivity index (χ3v) is 4.70. The third-order valence-electron chi connectivity index (χ3n) is 4.70. The summed E-state index contributed by atoms with van der Waals surface area (Å²) in [6.07, 6.45) is 0.695. The van der Waals surface area contributed by atoms with Gasteiger partial charge in [0.1, 0.15) is 5.75 Å². The Kier molecular flexibility index (Phi) is 6.23. The topological polar surface area (TPSA) is 55.8 Å². The van der Waals surface area contributed by atoms with Gasteiger partial charge >= 0.3 is 11.9 Å². The Balaban J connectivity index is 2.15. The Morgan fingerprint density at radius 1 is 1.25 bits per heavy atom. The van der Waals surface area contributed by atoms with Crippen LogP contribution in [0.25, 0.3) is 0 Å². The highest BCUT2D eigenvalue weighted by Gasteiger charge is 2.35. The van der Waals surface area contributed by atoms with Crippen LogP contribution in [0.15, 0.2) is 18.2 Å². The van der Waals surface area contributed by atoms with Crippen LogP contribution < -0.4 is 9.64 Å². The van der Waals surface area contributed by atoms with E-state index in [1.165, 1.54) is 0 Å². The van der Waals surface area contributed by atoms with Crippen molar-refractivity contribution < 1.29 is 19.1 Å². The summed E-state index contributed by atoms with van der Waals surface area (Å²) in [5, 5.41) is 0. The first-order chi connectivity index (χ1) is 11.5. The fraction of sp³-hybridized carbons (Fsp3) is 0.579. The van der Waals surface area contributed by atoms with Crippen LogP contribution in [0.4, 0.5) is 5.69 Å². The monoisotopic (exact) mass is 333 g/mol. The molecule has 0 aliphatic carbocycles. The maximum atomic E-state index is 12.4. The number of carbonyl (C=O) groups excluding carboxylic acids is 2. The predicted octanol–water partition coefficient (Wildman–Crippen LogP) is 3.51. The van der Waals surface area contributed by atoms with Gasteiger partial charge in [0.2, 0.25) is 0 Å². The van der Waals surface area contributed by atoms with Crippen LogP contribution in [-0.2, 0) is 14.3 Å². The summed E-state index contributed by atoms with van der Waals surface area (Å²) in [5.41, 5.74) is 2.09. The molecular formula is C19H27NO4. The molecule has 0 saturated heterocycles. The predicted molar refractivity (Wildman–Crippen MR) is 93.4 cm³/mol. The zero-order valence-electron chi connectivity index (χ0n) is 15.0. The van der Waals surface area contributed by atoms with E-state index < -0.39 is 0 Å². The number of carbonyl (C=O) groups is 2. The molecular weight excluding hydrogens is 306 g/mol. The van der Waals surface area contributed by atoms with Crippen molar-refractivity contribution in [1.29, 1.82) is 0 Å². The Morgan fingerprint density at radius 2 is 1.96 bits per heavy atom. The molecule has 0 fully saturated rings. The van der Waals surface area contributed by atoms with Gasteiger partial charge in [-0.15, -0.1) is 0 Å². The molecule has 2 atom stereocenters. The van der Waals surface area contributed by atoms with Gasteiger partial charge in [-0.05, 0) is 44.7 Å². The number of esters is 2. The number of hydrogen-bond acceptors (Lipinski definition) is 5. The smallest absolute Gasteiger partial charge is 0.314 e. The summed E-state index contributed by atoms with van der Waals surface area (Å²) in [6.45, 7) is 10.2. The minimum atomic E-state index is -0.304. The first-order valence-corrected chi connectivity index (χ1v) is 8.77. The molecule has 1 aliphatic rings. The maximum absolute atomic E-state index is 12.4. The van der Waals surface area contributed by atoms with Gasteiger partial charge in [-0.1, -0.05) is 13.0 Å². The molecule has 1 aliphatic heterocycles. The van der Waals surface area contributed by atoms with Crippen molar-refractivity contribution in [3.63, 3.8) is 0 Å². The van der Waals surface area contributed by atoms with Gasteiger partial charge in [-0.3, -0.25) is 9.59 Å². The molecule has 2 unspecified atom stereocenters. The van der Waals surface area contributed by atoms with Gasteiger partial charge in [-0.2, -0.15) is 0 Å². The van der Waals surface area contributed by atoms with Crippen molar-refractivity contribution in [1.82, 2.24) is 0 Å². The van der Waals surface area contributed by atoms with E-state index in [2.05, 4.69) is 24.8 Å². The van der Waals surface area contributed by atoms with Crippen LogP contribution in [-0.4, -0.2) is 31.6 Å². The molecule has 0 bridgehead atoms. The van der Waals surface area contributed by atoms with Crippen molar-refractivity contribution in [3.8, 4) is 5.75 Å². The van der Waals surface area contributed by atoms with E-state index in [-0.39, 0.29) is 30.2 Å². The van der Waals surface area contributed by atoms with Crippen LogP contribution in [0.1, 0.15) is 52.0 Å². The van der Waals surface area contributed by atoms with E-state index in [0.29, 0.717) is 18.8 Å². The number of ether oxygens (including phenoxy) is 2. The summed E-state index contributed by atoms with van der Waals surface area (Å²) < 4.78 is 10.5. The van der Waals surface area contributed by atoms with Crippen LogP contribution in [0.2, 0.25) is 0 Å². The quantitative estimate of drug-likeness (QED) is 0.564. The molecule has 1 heterocycles. The summed E-state index contributed by atoms with van der Waals surface area (Å²) in [4.78, 5) is 26.1. The summed E-state index contributed by atoms with van der Waals surface area (Å²) in [6, 6.07) is 6.06. The number of anilines is 1. The summed E-state index contributed by atoms with van der Waals surface area (Å²) >= 11 is 0. The van der Waals surface area contributed by atoms with E-state index in [1.807, 2.05) is 19.1 Å². The minimum absolute atomic E-state index is 0.0291. The average molecular weight is 333 g/mol. The van der Waals surface area contributed by atoms with Gasteiger partial charge in [0.15, 0.2) is 0 Å². The SMILES string of the molecule is CCOC(=O)CCC1C(=O)Oc2cc(N(CC)CC)ccc2C1C. The van der Waals surface area contributed by atoms with Gasteiger partial charge < -0.3 is 14.4 Å². The largest absolute Gasteiger partial charge is 0.466 e. The van der Waals surface area contributed by atoms with Crippen molar-refractivity contribution >= 4 is 17.6 Å². The Labute approximate surface area is 143 Å². The number of fused-ring (bicyclic) bond motifs is 1. The number of rotatable bonds is 7. The van der Waals surface area contributed by atoms with E-state index in [0.717, 1.165) is 24.3 Å². The van der Waals surface area contributed by atoms with E-state index in [9.17, 15) is 9.59 Å². The second-order valence-corrected chi connectivity index (χ2v) is 6.05. The number of benzene rings is 1. The zero-order chi connectivity index (χ0) is 17.7. The molecule has 0 radical (unpaired) electrons. The lowest BCUT2D eigenvalue weighted by molar-refractivity contribution is -0.145. The summed E-state index contributed by atoms with van der Waals surface area (Å²) in [7, 11) is 0. The first kappa shape index (κ1) is 18.3. The second kappa shape index (κ2) is 8.18. The minimum Gasteiger partial charge on any atom is -0.466 e. The molecule has 1 aromatic rings. The van der Waals surface area contributed by atoms with E-state index in [4.69, 9.17) is 9.47 Å². The molecule has 2 rings (SSSR count). The van der Waals surface area contributed by atoms with E-state index >= 15 is 0 Å². The Bertz CT molecular complexity index is 595. The van der Waals surface area contributed by atoms with Gasteiger partial charge in [0, 0.05) is 31.3 Å². The van der Waals surface area contributed by atoms with Crippen molar-refractivity contribution in [2.75, 3.05) is 24.6 Å². The van der Waals surface area contributed by atoms with Crippen LogP contribution in [0.3, 0.4) is 0 Å². The molecule has 5 heteroatoms. The normalized spacial score (nSPS) is 19.4. The molecule has 24 heavy (non-hydrogen) atoms. The Hall–Kier alpha value is -2.04. The highest BCUT2D eigenvalue weighted by atomic mass is 16.5. The molecule has 5 nitrogen and oxygen atoms in total. The number of nitrogens with zero attached hydrogens (tertiary/aromatic N) is 1. The second-order valence-electron chi connectivity index (χ2n) is 6.05. The standard InChI is InChI=1S/C19H27NO4/c1-5-20(6-2)14-8-9-15-13(4)16(10-11-18(21)23-7-3)19(22)24-17(15)12-14/h8-9,12-13,16H,5-7,10-11H2,1-4H3. The fourth-order valence-corrected chi connectivity index (χ4v) is 3.25. The Morgan fingerprint density at radius 3 is 2.58 bits per heavy atom. The third kappa shape index (κ3) is 3.89. The average Bonchev–Trinajstić information content (AvgIpc) is 2.55. The highest BCUT2D eigenvalue weighted by Crippen LogP contribution is 2.41. The molecule has 132 valence electrons.